The Hall–Kier alpha value is -1.07. The molecule has 2 N–H and O–H groups in total. The van der Waals surface area contributed by atoms with E-state index in [0.29, 0.717) is 10.1 Å². The van der Waals surface area contributed by atoms with E-state index in [0.717, 1.165) is 11.5 Å². The molecule has 5 heteroatoms. The van der Waals surface area contributed by atoms with Crippen LogP contribution >= 0.6 is 11.5 Å². The van der Waals surface area contributed by atoms with Crippen LogP contribution in [0.5, 0.6) is 0 Å². The zero-order valence-corrected chi connectivity index (χ0v) is 7.37. The predicted octanol–water partition coefficient (Wildman–Crippen LogP) is 2.03. The van der Waals surface area contributed by atoms with Crippen LogP contribution in [0.1, 0.15) is 5.56 Å². The van der Waals surface area contributed by atoms with Crippen molar-refractivity contribution in [1.29, 1.82) is 0 Å². The average molecular weight is 200 g/mol. The molecule has 0 spiro atoms. The number of fused-ring (bicyclic) bond motifs is 1. The van der Waals surface area contributed by atoms with Gasteiger partial charge in [-0.3, -0.25) is 0 Å². The zero-order chi connectivity index (χ0) is 9.42. The molecule has 0 aliphatic rings. The van der Waals surface area contributed by atoms with E-state index in [1.54, 1.807) is 0 Å². The van der Waals surface area contributed by atoms with Gasteiger partial charge in [-0.15, -0.1) is 0 Å². The fourth-order valence-electron chi connectivity index (χ4n) is 1.17. The molecule has 1 heterocycles. The maximum absolute atomic E-state index is 13.4. The lowest BCUT2D eigenvalue weighted by atomic mass is 10.1. The number of nitrogens with zero attached hydrogens (tertiary/aromatic N) is 1. The molecule has 1 aromatic heterocycles. The fourth-order valence-corrected chi connectivity index (χ4v) is 1.84. The van der Waals surface area contributed by atoms with Crippen molar-refractivity contribution in [2.45, 2.75) is 6.54 Å². The molecule has 68 valence electrons. The molecule has 2 nitrogen and oxygen atoms in total. The number of halogens is 2. The molecule has 0 radical (unpaired) electrons. The smallest absolute Gasteiger partial charge is 0.140 e. The van der Waals surface area contributed by atoms with Crippen molar-refractivity contribution in [3.8, 4) is 0 Å². The van der Waals surface area contributed by atoms with Crippen molar-refractivity contribution in [2.75, 3.05) is 0 Å². The van der Waals surface area contributed by atoms with Crippen LogP contribution in [0.4, 0.5) is 8.78 Å². The van der Waals surface area contributed by atoms with Crippen molar-refractivity contribution < 1.29 is 8.78 Å². The number of aromatic nitrogens is 1. The van der Waals surface area contributed by atoms with Crippen LogP contribution in [0.2, 0.25) is 0 Å². The van der Waals surface area contributed by atoms with Gasteiger partial charge in [0.2, 0.25) is 0 Å². The minimum Gasteiger partial charge on any atom is -0.326 e. The molecular weight excluding hydrogens is 194 g/mol. The predicted molar refractivity (Wildman–Crippen MR) is 47.4 cm³/mol. The Balaban J connectivity index is 2.85. The maximum atomic E-state index is 13.4. The summed E-state index contributed by atoms with van der Waals surface area (Å²) < 4.78 is 30.8. The summed E-state index contributed by atoms with van der Waals surface area (Å²) in [6.07, 6.45) is 1.38. The highest BCUT2D eigenvalue weighted by Crippen LogP contribution is 2.25. The van der Waals surface area contributed by atoms with Crippen LogP contribution in [-0.2, 0) is 6.54 Å². The van der Waals surface area contributed by atoms with E-state index in [2.05, 4.69) is 4.37 Å². The van der Waals surface area contributed by atoms with Gasteiger partial charge in [-0.05, 0) is 17.6 Å². The van der Waals surface area contributed by atoms with E-state index in [9.17, 15) is 8.78 Å². The minimum atomic E-state index is -0.600. The standard InChI is InChI=1S/C8H6F2N2S/c9-6-1-7-5(3-12-13-7)8(10)4(6)2-11/h1,3H,2,11H2. The Bertz CT molecular complexity index is 453. The van der Waals surface area contributed by atoms with E-state index >= 15 is 0 Å². The minimum absolute atomic E-state index is 0.0762. The molecule has 2 rings (SSSR count). The summed E-state index contributed by atoms with van der Waals surface area (Å²) in [5.41, 5.74) is 5.14. The highest BCUT2D eigenvalue weighted by atomic mass is 32.1. The van der Waals surface area contributed by atoms with Crippen molar-refractivity contribution in [1.82, 2.24) is 4.37 Å². The summed E-state index contributed by atoms with van der Waals surface area (Å²) >= 11 is 1.06. The third kappa shape index (κ3) is 1.20. The molecule has 2 aromatic rings. The van der Waals surface area contributed by atoms with Gasteiger partial charge in [0.25, 0.3) is 0 Å². The van der Waals surface area contributed by atoms with Crippen molar-refractivity contribution in [3.05, 3.63) is 29.5 Å². The van der Waals surface area contributed by atoms with E-state index in [4.69, 9.17) is 5.73 Å². The molecule has 0 saturated heterocycles. The third-order valence-corrected chi connectivity index (χ3v) is 2.60. The molecule has 0 saturated carbocycles. The molecule has 13 heavy (non-hydrogen) atoms. The molecule has 0 bridgehead atoms. The van der Waals surface area contributed by atoms with Gasteiger partial charge in [0.1, 0.15) is 11.6 Å². The number of rotatable bonds is 1. The van der Waals surface area contributed by atoms with Crippen LogP contribution < -0.4 is 5.73 Å². The molecule has 1 aromatic carbocycles. The summed E-state index contributed by atoms with van der Waals surface area (Å²) in [6.45, 7) is -0.135. The van der Waals surface area contributed by atoms with Crippen LogP contribution in [0, 0.1) is 11.6 Å². The summed E-state index contributed by atoms with van der Waals surface area (Å²) in [5.74, 6) is -1.19. The Morgan fingerprint density at radius 3 is 2.92 bits per heavy atom. The first-order valence-corrected chi connectivity index (χ1v) is 4.42. The Morgan fingerprint density at radius 2 is 2.23 bits per heavy atom. The van der Waals surface area contributed by atoms with Crippen LogP contribution in [-0.4, -0.2) is 4.37 Å². The van der Waals surface area contributed by atoms with Crippen LogP contribution in [0.3, 0.4) is 0 Å². The lowest BCUT2D eigenvalue weighted by Crippen LogP contribution is -2.03. The third-order valence-electron chi connectivity index (χ3n) is 1.85. The molecule has 0 unspecified atom stereocenters. The van der Waals surface area contributed by atoms with Crippen molar-refractivity contribution in [2.24, 2.45) is 5.73 Å². The van der Waals surface area contributed by atoms with Gasteiger partial charge in [0, 0.05) is 17.5 Å². The van der Waals surface area contributed by atoms with E-state index in [-0.39, 0.29) is 12.1 Å². The van der Waals surface area contributed by atoms with Gasteiger partial charge in [-0.25, -0.2) is 8.78 Å². The number of hydrogen-bond donors (Lipinski definition) is 1. The molecule has 0 amide bonds. The quantitative estimate of drug-likeness (QED) is 0.765. The first kappa shape index (κ1) is 8.52. The fraction of sp³-hybridized carbons (Fsp3) is 0.125. The monoisotopic (exact) mass is 200 g/mol. The topological polar surface area (TPSA) is 38.9 Å². The first-order valence-electron chi connectivity index (χ1n) is 3.65. The summed E-state index contributed by atoms with van der Waals surface area (Å²) in [4.78, 5) is 0. The number of benzene rings is 1. The van der Waals surface area contributed by atoms with Gasteiger partial charge >= 0.3 is 0 Å². The highest BCUT2D eigenvalue weighted by Gasteiger charge is 2.13. The van der Waals surface area contributed by atoms with Crippen LogP contribution in [0.25, 0.3) is 10.1 Å². The lowest BCUT2D eigenvalue weighted by Gasteiger charge is -2.01. The molecule has 0 fully saturated rings. The summed E-state index contributed by atoms with van der Waals surface area (Å²) in [6, 6.07) is 1.26. The van der Waals surface area contributed by atoms with E-state index in [1.165, 1.54) is 12.3 Å². The Morgan fingerprint density at radius 1 is 1.46 bits per heavy atom. The normalized spacial score (nSPS) is 11.0. The van der Waals surface area contributed by atoms with E-state index < -0.39 is 11.6 Å². The Kier molecular flexibility index (Phi) is 1.97. The second-order valence-corrected chi connectivity index (χ2v) is 3.43. The second-order valence-electron chi connectivity index (χ2n) is 2.59. The lowest BCUT2D eigenvalue weighted by molar-refractivity contribution is 0.566. The van der Waals surface area contributed by atoms with Gasteiger partial charge in [0.05, 0.1) is 10.9 Å². The largest absolute Gasteiger partial charge is 0.326 e. The zero-order valence-electron chi connectivity index (χ0n) is 6.55. The van der Waals surface area contributed by atoms with E-state index in [1.807, 2.05) is 0 Å². The van der Waals surface area contributed by atoms with Gasteiger partial charge in [0.15, 0.2) is 0 Å². The number of hydrogen-bond acceptors (Lipinski definition) is 3. The van der Waals surface area contributed by atoms with Gasteiger partial charge in [-0.1, -0.05) is 0 Å². The summed E-state index contributed by atoms with van der Waals surface area (Å²) in [5, 5.41) is 0.340. The van der Waals surface area contributed by atoms with Crippen LogP contribution in [0.15, 0.2) is 12.3 Å². The first-order chi connectivity index (χ1) is 6.24. The van der Waals surface area contributed by atoms with Gasteiger partial charge < -0.3 is 5.73 Å². The maximum Gasteiger partial charge on any atom is 0.140 e. The molecule has 0 aliphatic carbocycles. The Labute approximate surface area is 77.2 Å². The molecule has 0 aliphatic heterocycles. The average Bonchev–Trinajstić information content (AvgIpc) is 2.53. The molecule has 0 atom stereocenters. The number of nitrogens with two attached hydrogens (primary N) is 1. The molecular formula is C8H6F2N2S. The van der Waals surface area contributed by atoms with Crippen molar-refractivity contribution >= 4 is 21.6 Å². The second kappa shape index (κ2) is 3.01. The van der Waals surface area contributed by atoms with Crippen molar-refractivity contribution in [3.63, 3.8) is 0 Å². The summed E-state index contributed by atoms with van der Waals surface area (Å²) in [7, 11) is 0. The SMILES string of the molecule is NCc1c(F)cc2sncc2c1F. The van der Waals surface area contributed by atoms with Gasteiger partial charge in [-0.2, -0.15) is 4.37 Å². The highest BCUT2D eigenvalue weighted by molar-refractivity contribution is 7.13.